The Morgan fingerprint density at radius 3 is 2.76 bits per heavy atom. The van der Waals surface area contributed by atoms with Gasteiger partial charge in [-0.05, 0) is 68.2 Å². The summed E-state index contributed by atoms with van der Waals surface area (Å²) in [5, 5.41) is 0. The first-order chi connectivity index (χ1) is 10.2. The molecule has 2 N–H and O–H groups in total. The number of carbonyl (C=O) groups is 1. The van der Waals surface area contributed by atoms with Gasteiger partial charge in [0.25, 0.3) is 0 Å². The molecule has 2 aliphatic rings. The number of carbonyl (C=O) groups excluding carboxylic acids is 1. The van der Waals surface area contributed by atoms with Crippen LogP contribution in [0.4, 0.5) is 0 Å². The summed E-state index contributed by atoms with van der Waals surface area (Å²) in [5.74, 6) is 0.738. The highest BCUT2D eigenvalue weighted by Crippen LogP contribution is 2.25. The van der Waals surface area contributed by atoms with Crippen LogP contribution in [0.25, 0.3) is 0 Å². The highest BCUT2D eigenvalue weighted by atomic mass is 16.2. The van der Waals surface area contributed by atoms with Crippen molar-refractivity contribution in [3.63, 3.8) is 0 Å². The van der Waals surface area contributed by atoms with Gasteiger partial charge in [-0.3, -0.25) is 4.79 Å². The van der Waals surface area contributed by atoms with Crippen molar-refractivity contribution in [1.29, 1.82) is 0 Å². The van der Waals surface area contributed by atoms with E-state index in [1.165, 1.54) is 42.4 Å². The van der Waals surface area contributed by atoms with Crippen LogP contribution in [0.3, 0.4) is 0 Å². The van der Waals surface area contributed by atoms with Crippen molar-refractivity contribution in [3.8, 4) is 0 Å². The standard InChI is InChI=1S/C18H26N2O/c1-13-8-15(11-19)12-20(13)18(21)10-14-6-7-16-4-2-3-5-17(16)9-14/h6-7,9,13,15H,2-5,8,10-12,19H2,1H3. The van der Waals surface area contributed by atoms with Gasteiger partial charge < -0.3 is 10.6 Å². The number of nitrogens with zero attached hydrogens (tertiary/aromatic N) is 1. The fourth-order valence-electron chi connectivity index (χ4n) is 3.83. The van der Waals surface area contributed by atoms with E-state index in [0.717, 1.165) is 13.0 Å². The zero-order valence-electron chi connectivity index (χ0n) is 13.0. The highest BCUT2D eigenvalue weighted by Gasteiger charge is 2.31. The number of hydrogen-bond acceptors (Lipinski definition) is 2. The van der Waals surface area contributed by atoms with E-state index in [9.17, 15) is 4.79 Å². The maximum atomic E-state index is 12.5. The molecule has 3 rings (SSSR count). The summed E-state index contributed by atoms with van der Waals surface area (Å²) in [7, 11) is 0. The van der Waals surface area contributed by atoms with Crippen LogP contribution in [-0.2, 0) is 24.1 Å². The smallest absolute Gasteiger partial charge is 0.227 e. The Bertz CT molecular complexity index is 526. The molecule has 2 atom stereocenters. The Hall–Kier alpha value is -1.35. The van der Waals surface area contributed by atoms with Gasteiger partial charge in [0.15, 0.2) is 0 Å². The number of hydrogen-bond donors (Lipinski definition) is 1. The fraction of sp³-hybridized carbons (Fsp3) is 0.611. The fourth-order valence-corrected chi connectivity index (χ4v) is 3.83. The number of rotatable bonds is 3. The maximum absolute atomic E-state index is 12.5. The zero-order chi connectivity index (χ0) is 14.8. The van der Waals surface area contributed by atoms with Gasteiger partial charge in [0.1, 0.15) is 0 Å². The van der Waals surface area contributed by atoms with E-state index >= 15 is 0 Å². The number of likely N-dealkylation sites (tertiary alicyclic amines) is 1. The van der Waals surface area contributed by atoms with Crippen molar-refractivity contribution in [2.75, 3.05) is 13.1 Å². The number of benzene rings is 1. The van der Waals surface area contributed by atoms with E-state index in [4.69, 9.17) is 5.73 Å². The highest BCUT2D eigenvalue weighted by molar-refractivity contribution is 5.79. The molecule has 1 fully saturated rings. The minimum Gasteiger partial charge on any atom is -0.339 e. The lowest BCUT2D eigenvalue weighted by Crippen LogP contribution is -2.35. The molecule has 1 amide bonds. The third-order valence-corrected chi connectivity index (χ3v) is 5.08. The Balaban J connectivity index is 1.67. The average Bonchev–Trinajstić information content (AvgIpc) is 2.88. The van der Waals surface area contributed by atoms with Gasteiger partial charge in [0.05, 0.1) is 6.42 Å². The van der Waals surface area contributed by atoms with Crippen molar-refractivity contribution in [3.05, 3.63) is 34.9 Å². The zero-order valence-corrected chi connectivity index (χ0v) is 13.0. The van der Waals surface area contributed by atoms with E-state index in [2.05, 4.69) is 25.1 Å². The SMILES string of the molecule is CC1CC(CN)CN1C(=O)Cc1ccc2c(c1)CCCC2. The first-order valence-electron chi connectivity index (χ1n) is 8.27. The van der Waals surface area contributed by atoms with Crippen LogP contribution in [0.2, 0.25) is 0 Å². The van der Waals surface area contributed by atoms with Crippen molar-refractivity contribution >= 4 is 5.91 Å². The van der Waals surface area contributed by atoms with E-state index in [-0.39, 0.29) is 5.91 Å². The number of nitrogens with two attached hydrogens (primary N) is 1. The molecule has 0 spiro atoms. The normalized spacial score (nSPS) is 25.0. The quantitative estimate of drug-likeness (QED) is 0.927. The maximum Gasteiger partial charge on any atom is 0.227 e. The Labute approximate surface area is 127 Å². The summed E-state index contributed by atoms with van der Waals surface area (Å²) in [6.45, 7) is 3.66. The second-order valence-corrected chi connectivity index (χ2v) is 6.72. The summed E-state index contributed by atoms with van der Waals surface area (Å²) in [6, 6.07) is 6.97. The van der Waals surface area contributed by atoms with Crippen molar-refractivity contribution in [2.24, 2.45) is 11.7 Å². The molecule has 1 aromatic carbocycles. The molecule has 2 unspecified atom stereocenters. The van der Waals surface area contributed by atoms with Gasteiger partial charge in [0.2, 0.25) is 5.91 Å². The number of amides is 1. The lowest BCUT2D eigenvalue weighted by Gasteiger charge is -2.22. The second-order valence-electron chi connectivity index (χ2n) is 6.72. The Morgan fingerprint density at radius 1 is 1.29 bits per heavy atom. The monoisotopic (exact) mass is 286 g/mol. The van der Waals surface area contributed by atoms with Crippen molar-refractivity contribution in [2.45, 2.75) is 51.5 Å². The van der Waals surface area contributed by atoms with Crippen molar-refractivity contribution < 1.29 is 4.79 Å². The van der Waals surface area contributed by atoms with Gasteiger partial charge in [-0.15, -0.1) is 0 Å². The van der Waals surface area contributed by atoms with Gasteiger partial charge >= 0.3 is 0 Å². The van der Waals surface area contributed by atoms with E-state index < -0.39 is 0 Å². The van der Waals surface area contributed by atoms with Gasteiger partial charge in [-0.1, -0.05) is 18.2 Å². The van der Waals surface area contributed by atoms with E-state index in [1.54, 1.807) is 0 Å². The lowest BCUT2D eigenvalue weighted by atomic mass is 9.90. The molecule has 3 heteroatoms. The minimum atomic E-state index is 0.259. The first kappa shape index (κ1) is 14.6. The summed E-state index contributed by atoms with van der Waals surface area (Å²) in [4.78, 5) is 14.6. The van der Waals surface area contributed by atoms with Crippen LogP contribution in [-0.4, -0.2) is 29.9 Å². The largest absolute Gasteiger partial charge is 0.339 e. The summed E-state index contributed by atoms with van der Waals surface area (Å²) < 4.78 is 0. The topological polar surface area (TPSA) is 46.3 Å². The molecular formula is C18H26N2O. The van der Waals surface area contributed by atoms with Crippen LogP contribution >= 0.6 is 0 Å². The molecule has 0 aromatic heterocycles. The molecule has 1 aliphatic carbocycles. The van der Waals surface area contributed by atoms with Crippen LogP contribution in [0.15, 0.2) is 18.2 Å². The Kier molecular flexibility index (Phi) is 4.29. The number of fused-ring (bicyclic) bond motifs is 1. The molecule has 1 aliphatic heterocycles. The number of aryl methyl sites for hydroxylation is 2. The molecule has 114 valence electrons. The molecule has 1 saturated heterocycles. The molecule has 1 heterocycles. The lowest BCUT2D eigenvalue weighted by molar-refractivity contribution is -0.131. The minimum absolute atomic E-state index is 0.259. The molecule has 3 nitrogen and oxygen atoms in total. The predicted octanol–water partition coefficient (Wildman–Crippen LogP) is 2.30. The summed E-state index contributed by atoms with van der Waals surface area (Å²) in [6.07, 6.45) is 6.54. The third-order valence-electron chi connectivity index (χ3n) is 5.08. The second kappa shape index (κ2) is 6.18. The van der Waals surface area contributed by atoms with Crippen LogP contribution in [0.1, 0.15) is 42.9 Å². The van der Waals surface area contributed by atoms with Gasteiger partial charge in [-0.25, -0.2) is 0 Å². The third kappa shape index (κ3) is 3.13. The summed E-state index contributed by atoms with van der Waals surface area (Å²) in [5.41, 5.74) is 9.86. The van der Waals surface area contributed by atoms with E-state index in [1.807, 2.05) is 4.90 Å². The molecule has 0 radical (unpaired) electrons. The van der Waals surface area contributed by atoms with E-state index in [0.29, 0.717) is 24.9 Å². The van der Waals surface area contributed by atoms with Gasteiger partial charge in [-0.2, -0.15) is 0 Å². The average molecular weight is 286 g/mol. The van der Waals surface area contributed by atoms with Crippen LogP contribution in [0.5, 0.6) is 0 Å². The molecule has 0 bridgehead atoms. The predicted molar refractivity (Wildman–Crippen MR) is 85.1 cm³/mol. The molecular weight excluding hydrogens is 260 g/mol. The molecule has 1 aromatic rings. The van der Waals surface area contributed by atoms with Crippen molar-refractivity contribution in [1.82, 2.24) is 4.90 Å². The molecule has 21 heavy (non-hydrogen) atoms. The molecule has 0 saturated carbocycles. The van der Waals surface area contributed by atoms with Gasteiger partial charge in [0, 0.05) is 12.6 Å². The summed E-state index contributed by atoms with van der Waals surface area (Å²) >= 11 is 0. The van der Waals surface area contributed by atoms with Crippen LogP contribution < -0.4 is 5.73 Å². The Morgan fingerprint density at radius 2 is 2.05 bits per heavy atom. The van der Waals surface area contributed by atoms with Crippen LogP contribution in [0, 0.1) is 5.92 Å². The first-order valence-corrected chi connectivity index (χ1v) is 8.27.